The largest absolute Gasteiger partial charge is 0.515 e. The summed E-state index contributed by atoms with van der Waals surface area (Å²) in [7, 11) is 0. The Morgan fingerprint density at radius 3 is 2.67 bits per heavy atom. The molecule has 2 rings (SSSR count). The zero-order chi connectivity index (χ0) is 17.4. The summed E-state index contributed by atoms with van der Waals surface area (Å²) in [4.78, 5) is 15.6. The van der Waals surface area contributed by atoms with Crippen molar-refractivity contribution in [1.82, 2.24) is 4.98 Å². The molecule has 0 saturated heterocycles. The molecule has 0 atom stereocenters. The first-order valence-corrected chi connectivity index (χ1v) is 8.24. The molecular weight excluding hydrogens is 310 g/mol. The van der Waals surface area contributed by atoms with E-state index < -0.39 is 6.16 Å². The molecule has 6 heteroatoms. The van der Waals surface area contributed by atoms with E-state index in [0.29, 0.717) is 17.7 Å². The van der Waals surface area contributed by atoms with E-state index in [1.165, 1.54) is 6.20 Å². The molecule has 0 radical (unpaired) electrons. The maximum atomic E-state index is 11.6. The molecule has 0 amide bonds. The highest BCUT2D eigenvalue weighted by Gasteiger charge is 2.15. The SMILES string of the molecule is CCCCOC(=O)Oc1ncc2ccc(OCCCC)cc2c1O. The van der Waals surface area contributed by atoms with Crippen LogP contribution in [0.4, 0.5) is 4.79 Å². The molecule has 0 saturated carbocycles. The number of pyridine rings is 1. The number of aromatic nitrogens is 1. The predicted octanol–water partition coefficient (Wildman–Crippen LogP) is 4.43. The fourth-order valence-corrected chi connectivity index (χ4v) is 2.06. The Hall–Kier alpha value is -2.50. The number of aromatic hydroxyl groups is 1. The van der Waals surface area contributed by atoms with Gasteiger partial charge in [0.15, 0.2) is 5.75 Å². The average molecular weight is 333 g/mol. The van der Waals surface area contributed by atoms with Gasteiger partial charge in [-0.15, -0.1) is 0 Å². The predicted molar refractivity (Wildman–Crippen MR) is 90.7 cm³/mol. The van der Waals surface area contributed by atoms with E-state index in [9.17, 15) is 9.90 Å². The Labute approximate surface area is 141 Å². The zero-order valence-electron chi connectivity index (χ0n) is 14.1. The maximum absolute atomic E-state index is 11.6. The van der Waals surface area contributed by atoms with Crippen LogP contribution in [0.1, 0.15) is 39.5 Å². The van der Waals surface area contributed by atoms with Crippen molar-refractivity contribution in [2.45, 2.75) is 39.5 Å². The third kappa shape index (κ3) is 4.75. The molecule has 0 aliphatic rings. The first kappa shape index (κ1) is 17.8. The molecule has 1 heterocycles. The van der Waals surface area contributed by atoms with Gasteiger partial charge in [-0.1, -0.05) is 26.7 Å². The lowest BCUT2D eigenvalue weighted by atomic mass is 10.1. The third-order valence-corrected chi connectivity index (χ3v) is 3.47. The summed E-state index contributed by atoms with van der Waals surface area (Å²) in [6.45, 7) is 4.97. The molecule has 0 bridgehead atoms. The normalized spacial score (nSPS) is 10.6. The number of benzene rings is 1. The Morgan fingerprint density at radius 2 is 1.92 bits per heavy atom. The second-order valence-electron chi connectivity index (χ2n) is 5.42. The number of ether oxygens (including phenoxy) is 3. The fourth-order valence-electron chi connectivity index (χ4n) is 2.06. The molecule has 130 valence electrons. The molecule has 0 spiro atoms. The first-order valence-electron chi connectivity index (χ1n) is 8.24. The quantitative estimate of drug-likeness (QED) is 0.568. The van der Waals surface area contributed by atoms with E-state index in [-0.39, 0.29) is 18.2 Å². The summed E-state index contributed by atoms with van der Waals surface area (Å²) < 4.78 is 15.5. The highest BCUT2D eigenvalue weighted by molar-refractivity contribution is 5.90. The van der Waals surface area contributed by atoms with Crippen molar-refractivity contribution in [3.8, 4) is 17.4 Å². The molecular formula is C18H23NO5. The number of hydrogen-bond acceptors (Lipinski definition) is 6. The van der Waals surface area contributed by atoms with Gasteiger partial charge in [-0.2, -0.15) is 0 Å². The van der Waals surface area contributed by atoms with Crippen LogP contribution in [0.25, 0.3) is 10.8 Å². The summed E-state index contributed by atoms with van der Waals surface area (Å²) in [5, 5.41) is 11.5. The topological polar surface area (TPSA) is 77.9 Å². The van der Waals surface area contributed by atoms with Gasteiger partial charge in [0.05, 0.1) is 13.2 Å². The van der Waals surface area contributed by atoms with Crippen LogP contribution in [0.2, 0.25) is 0 Å². The number of nitrogens with zero attached hydrogens (tertiary/aromatic N) is 1. The van der Waals surface area contributed by atoms with Crippen LogP contribution in [0.3, 0.4) is 0 Å². The van der Waals surface area contributed by atoms with E-state index in [1.807, 2.05) is 13.0 Å². The second-order valence-corrected chi connectivity index (χ2v) is 5.42. The smallest absolute Gasteiger partial charge is 0.503 e. The number of carbonyl (C=O) groups is 1. The molecule has 0 aliphatic carbocycles. The Morgan fingerprint density at radius 1 is 1.17 bits per heavy atom. The molecule has 1 aromatic carbocycles. The van der Waals surface area contributed by atoms with Crippen molar-refractivity contribution < 1.29 is 24.1 Å². The van der Waals surface area contributed by atoms with Crippen molar-refractivity contribution in [3.05, 3.63) is 24.4 Å². The first-order chi connectivity index (χ1) is 11.7. The van der Waals surface area contributed by atoms with Gasteiger partial charge in [-0.25, -0.2) is 9.78 Å². The van der Waals surface area contributed by atoms with Crippen LogP contribution in [0.5, 0.6) is 17.4 Å². The summed E-state index contributed by atoms with van der Waals surface area (Å²) >= 11 is 0. The Kier molecular flexibility index (Phi) is 6.66. The lowest BCUT2D eigenvalue weighted by Crippen LogP contribution is -2.12. The summed E-state index contributed by atoms with van der Waals surface area (Å²) in [6, 6.07) is 5.32. The van der Waals surface area contributed by atoms with Gasteiger partial charge in [0, 0.05) is 17.0 Å². The number of fused-ring (bicyclic) bond motifs is 1. The van der Waals surface area contributed by atoms with Crippen LogP contribution in [-0.2, 0) is 4.74 Å². The van der Waals surface area contributed by atoms with Crippen LogP contribution in [0.15, 0.2) is 24.4 Å². The van der Waals surface area contributed by atoms with Crippen molar-refractivity contribution in [2.75, 3.05) is 13.2 Å². The van der Waals surface area contributed by atoms with Crippen molar-refractivity contribution in [2.24, 2.45) is 0 Å². The van der Waals surface area contributed by atoms with E-state index in [1.54, 1.807) is 12.1 Å². The Balaban J connectivity index is 2.13. The van der Waals surface area contributed by atoms with Crippen LogP contribution in [-0.4, -0.2) is 29.5 Å². The minimum absolute atomic E-state index is 0.172. The highest BCUT2D eigenvalue weighted by atomic mass is 16.7. The van der Waals surface area contributed by atoms with Gasteiger partial charge in [-0.3, -0.25) is 0 Å². The third-order valence-electron chi connectivity index (χ3n) is 3.47. The van der Waals surface area contributed by atoms with E-state index in [4.69, 9.17) is 14.2 Å². The highest BCUT2D eigenvalue weighted by Crippen LogP contribution is 2.34. The Bertz CT molecular complexity index is 686. The van der Waals surface area contributed by atoms with Gasteiger partial charge in [0.25, 0.3) is 5.88 Å². The monoisotopic (exact) mass is 333 g/mol. The molecule has 6 nitrogen and oxygen atoms in total. The fraction of sp³-hybridized carbons (Fsp3) is 0.444. The van der Waals surface area contributed by atoms with Crippen LogP contribution >= 0.6 is 0 Å². The maximum Gasteiger partial charge on any atom is 0.515 e. The number of hydrogen-bond donors (Lipinski definition) is 1. The lowest BCUT2D eigenvalue weighted by molar-refractivity contribution is 0.0952. The van der Waals surface area contributed by atoms with Gasteiger partial charge >= 0.3 is 6.16 Å². The number of unbranched alkanes of at least 4 members (excludes halogenated alkanes) is 2. The van der Waals surface area contributed by atoms with E-state index in [2.05, 4.69) is 11.9 Å². The molecule has 0 aliphatic heterocycles. The standard InChI is InChI=1S/C18H23NO5/c1-3-5-9-22-14-8-7-13-12-19-17(16(20)15(13)11-14)24-18(21)23-10-6-4-2/h7-8,11-12,20H,3-6,9-10H2,1-2H3. The van der Waals surface area contributed by atoms with Gasteiger partial charge in [0.1, 0.15) is 5.75 Å². The van der Waals surface area contributed by atoms with Crippen molar-refractivity contribution >= 4 is 16.9 Å². The zero-order valence-corrected chi connectivity index (χ0v) is 14.1. The second kappa shape index (κ2) is 8.96. The van der Waals surface area contributed by atoms with Crippen LogP contribution < -0.4 is 9.47 Å². The van der Waals surface area contributed by atoms with Crippen molar-refractivity contribution in [3.63, 3.8) is 0 Å². The minimum atomic E-state index is -0.874. The molecule has 0 unspecified atom stereocenters. The molecule has 1 aromatic heterocycles. The molecule has 0 fully saturated rings. The van der Waals surface area contributed by atoms with Gasteiger partial charge in [0.2, 0.25) is 0 Å². The number of carbonyl (C=O) groups excluding carboxylic acids is 1. The summed E-state index contributed by atoms with van der Waals surface area (Å²) in [5.74, 6) is 0.268. The van der Waals surface area contributed by atoms with Crippen molar-refractivity contribution in [1.29, 1.82) is 0 Å². The molecule has 24 heavy (non-hydrogen) atoms. The average Bonchev–Trinajstić information content (AvgIpc) is 2.58. The molecule has 1 N–H and O–H groups in total. The van der Waals surface area contributed by atoms with Gasteiger partial charge < -0.3 is 19.3 Å². The van der Waals surface area contributed by atoms with E-state index >= 15 is 0 Å². The summed E-state index contributed by atoms with van der Waals surface area (Å²) in [5.41, 5.74) is 0. The number of rotatable bonds is 8. The van der Waals surface area contributed by atoms with E-state index in [0.717, 1.165) is 31.1 Å². The molecule has 2 aromatic rings. The van der Waals surface area contributed by atoms with Crippen LogP contribution in [0, 0.1) is 0 Å². The minimum Gasteiger partial charge on any atom is -0.503 e. The van der Waals surface area contributed by atoms with Gasteiger partial charge in [-0.05, 0) is 31.0 Å². The lowest BCUT2D eigenvalue weighted by Gasteiger charge is -2.10. The summed E-state index contributed by atoms with van der Waals surface area (Å²) in [6.07, 6.45) is 4.32.